The first kappa shape index (κ1) is 21.5. The summed E-state index contributed by atoms with van der Waals surface area (Å²) in [6.45, 7) is 3.53. The van der Waals surface area contributed by atoms with Crippen LogP contribution < -0.4 is 4.90 Å². The number of aryl methyl sites for hydroxylation is 1. The number of aromatic nitrogens is 2. The van der Waals surface area contributed by atoms with E-state index in [0.29, 0.717) is 17.5 Å². The number of amides is 1. The summed E-state index contributed by atoms with van der Waals surface area (Å²) in [7, 11) is 1.85. The van der Waals surface area contributed by atoms with Crippen LogP contribution >= 0.6 is 0 Å². The van der Waals surface area contributed by atoms with Crippen molar-refractivity contribution < 1.29 is 9.18 Å². The zero-order valence-electron chi connectivity index (χ0n) is 19.9. The number of hydrogen-bond donors (Lipinski definition) is 0. The molecule has 0 radical (unpaired) electrons. The molecule has 3 atom stereocenters. The fraction of sp³-hybridized carbons (Fsp3) is 0.429. The minimum atomic E-state index is -0.584. The molecule has 1 aromatic heterocycles. The molecule has 34 heavy (non-hydrogen) atoms. The number of anilines is 1. The molecule has 1 aliphatic carbocycles. The molecule has 0 N–H and O–H groups in total. The van der Waals surface area contributed by atoms with Gasteiger partial charge in [0, 0.05) is 48.2 Å². The van der Waals surface area contributed by atoms with E-state index in [1.165, 1.54) is 19.3 Å². The van der Waals surface area contributed by atoms with Gasteiger partial charge in [-0.05, 0) is 42.9 Å². The van der Waals surface area contributed by atoms with E-state index in [4.69, 9.17) is 0 Å². The maximum atomic E-state index is 15.2. The van der Waals surface area contributed by atoms with E-state index in [9.17, 15) is 4.79 Å². The predicted molar refractivity (Wildman–Crippen MR) is 131 cm³/mol. The second-order valence-corrected chi connectivity index (χ2v) is 10.3. The lowest BCUT2D eigenvalue weighted by Gasteiger charge is -2.55. The Bertz CT molecular complexity index is 1250. The van der Waals surface area contributed by atoms with Crippen LogP contribution in [-0.4, -0.2) is 33.2 Å². The number of carbonyl (C=O) groups is 1. The quantitative estimate of drug-likeness (QED) is 0.536. The van der Waals surface area contributed by atoms with Crippen LogP contribution in [-0.2, 0) is 23.9 Å². The van der Waals surface area contributed by atoms with Gasteiger partial charge in [-0.2, -0.15) is 5.10 Å². The molecule has 3 aliphatic rings. The fourth-order valence-corrected chi connectivity index (χ4v) is 6.45. The van der Waals surface area contributed by atoms with Gasteiger partial charge in [0.05, 0.1) is 12.7 Å². The largest absolute Gasteiger partial charge is 0.306 e. The van der Waals surface area contributed by atoms with Gasteiger partial charge in [0.15, 0.2) is 0 Å². The lowest BCUT2D eigenvalue weighted by molar-refractivity contribution is -0.147. The van der Waals surface area contributed by atoms with Crippen LogP contribution in [0.15, 0.2) is 54.9 Å². The number of benzene rings is 2. The Morgan fingerprint density at radius 2 is 1.94 bits per heavy atom. The Labute approximate surface area is 200 Å². The van der Waals surface area contributed by atoms with Crippen LogP contribution in [0.3, 0.4) is 0 Å². The van der Waals surface area contributed by atoms with Crippen molar-refractivity contribution in [1.82, 2.24) is 14.7 Å². The summed E-state index contributed by atoms with van der Waals surface area (Å²) in [5.74, 6) is 0.407. The predicted octanol–water partition coefficient (Wildman–Crippen LogP) is 5.25. The minimum Gasteiger partial charge on any atom is -0.306 e. The first-order valence-corrected chi connectivity index (χ1v) is 12.4. The lowest BCUT2D eigenvalue weighted by atomic mass is 9.73. The van der Waals surface area contributed by atoms with E-state index in [0.717, 1.165) is 41.8 Å². The molecule has 1 spiro atoms. The Morgan fingerprint density at radius 1 is 1.12 bits per heavy atom. The molecule has 5 nitrogen and oxygen atoms in total. The maximum Gasteiger partial charge on any atom is 0.252 e. The van der Waals surface area contributed by atoms with Crippen molar-refractivity contribution in [3.8, 4) is 11.1 Å². The van der Waals surface area contributed by atoms with Crippen molar-refractivity contribution in [2.75, 3.05) is 11.4 Å². The van der Waals surface area contributed by atoms with Crippen molar-refractivity contribution >= 4 is 11.6 Å². The number of hydrogen-bond acceptors (Lipinski definition) is 3. The third-order valence-electron chi connectivity index (χ3n) is 8.33. The first-order valence-electron chi connectivity index (χ1n) is 12.4. The van der Waals surface area contributed by atoms with Crippen LogP contribution in [0.1, 0.15) is 50.2 Å². The van der Waals surface area contributed by atoms with Gasteiger partial charge >= 0.3 is 0 Å². The van der Waals surface area contributed by atoms with E-state index in [2.05, 4.69) is 23.0 Å². The highest BCUT2D eigenvalue weighted by Crippen LogP contribution is 2.54. The maximum absolute atomic E-state index is 15.2. The van der Waals surface area contributed by atoms with Gasteiger partial charge in [-0.1, -0.05) is 50.1 Å². The second kappa shape index (κ2) is 8.05. The summed E-state index contributed by atoms with van der Waals surface area (Å²) in [5.41, 5.74) is 3.63. The van der Waals surface area contributed by atoms with Crippen LogP contribution in [0.4, 0.5) is 10.1 Å². The second-order valence-electron chi connectivity index (χ2n) is 10.3. The van der Waals surface area contributed by atoms with Gasteiger partial charge in [-0.25, -0.2) is 4.39 Å². The molecule has 1 saturated heterocycles. The van der Waals surface area contributed by atoms with Crippen molar-refractivity contribution in [3.63, 3.8) is 0 Å². The number of carbonyl (C=O) groups excluding carboxylic acids is 1. The molecule has 1 saturated carbocycles. The standard InChI is InChI=1S/C28H31FN4O/c1-19-7-3-5-9-25(19)33-14-13-28(33)23-8-4-6-10-26(23)32(27(28)34)18-21-12-11-20(15-24(21)29)22-16-30-31(2)17-22/h4,6,8,10-12,15-17,19,25H,3,5,7,9,13-14,18H2,1-2H3. The molecule has 6 heteroatoms. The average Bonchev–Trinajstić information content (AvgIpc) is 3.36. The zero-order chi connectivity index (χ0) is 23.4. The normalized spacial score (nSPS) is 26.7. The Kier molecular flexibility index (Phi) is 5.10. The van der Waals surface area contributed by atoms with Crippen LogP contribution in [0.2, 0.25) is 0 Å². The smallest absolute Gasteiger partial charge is 0.252 e. The number of para-hydroxylation sites is 1. The Morgan fingerprint density at radius 3 is 2.65 bits per heavy atom. The SMILES string of the molecule is CC1CCCCC1N1CCC12C(=O)N(Cc1ccc(-c3cnn(C)c3)cc1F)c1ccccc12. The van der Waals surface area contributed by atoms with E-state index >= 15 is 4.39 Å². The first-order chi connectivity index (χ1) is 16.5. The Hall–Kier alpha value is -2.99. The summed E-state index contributed by atoms with van der Waals surface area (Å²) in [6, 6.07) is 13.8. The highest BCUT2D eigenvalue weighted by Gasteiger charge is 2.61. The van der Waals surface area contributed by atoms with E-state index < -0.39 is 5.54 Å². The molecular formula is C28H31FN4O. The fourth-order valence-electron chi connectivity index (χ4n) is 6.45. The zero-order valence-corrected chi connectivity index (χ0v) is 19.9. The molecule has 1 amide bonds. The van der Waals surface area contributed by atoms with Crippen molar-refractivity contribution in [2.45, 2.75) is 57.2 Å². The van der Waals surface area contributed by atoms with Gasteiger partial charge in [0.1, 0.15) is 11.4 Å². The van der Waals surface area contributed by atoms with Gasteiger partial charge in [0.2, 0.25) is 0 Å². The highest BCUT2D eigenvalue weighted by molar-refractivity contribution is 6.08. The van der Waals surface area contributed by atoms with Crippen molar-refractivity contribution in [3.05, 3.63) is 71.8 Å². The number of rotatable bonds is 4. The molecule has 6 rings (SSSR count). The Balaban J connectivity index is 1.32. The third kappa shape index (κ3) is 3.15. The van der Waals surface area contributed by atoms with Gasteiger partial charge in [-0.3, -0.25) is 14.4 Å². The number of nitrogens with zero attached hydrogens (tertiary/aromatic N) is 4. The summed E-state index contributed by atoms with van der Waals surface area (Å²) < 4.78 is 16.9. The summed E-state index contributed by atoms with van der Waals surface area (Å²) in [5, 5.41) is 4.18. The van der Waals surface area contributed by atoms with E-state index in [1.807, 2.05) is 42.4 Å². The summed E-state index contributed by atoms with van der Waals surface area (Å²) in [4.78, 5) is 18.4. The molecule has 2 fully saturated rings. The molecule has 3 heterocycles. The molecule has 2 aromatic carbocycles. The van der Waals surface area contributed by atoms with Crippen molar-refractivity contribution in [1.29, 1.82) is 0 Å². The molecule has 2 aliphatic heterocycles. The number of fused-ring (bicyclic) bond motifs is 2. The number of halogens is 1. The average molecular weight is 459 g/mol. The monoisotopic (exact) mass is 458 g/mol. The van der Waals surface area contributed by atoms with Crippen LogP contribution in [0.25, 0.3) is 11.1 Å². The summed E-state index contributed by atoms with van der Waals surface area (Å²) in [6.07, 6.45) is 9.34. The van der Waals surface area contributed by atoms with Gasteiger partial charge < -0.3 is 4.90 Å². The van der Waals surface area contributed by atoms with E-state index in [1.54, 1.807) is 23.0 Å². The number of likely N-dealkylation sites (tertiary alicyclic amines) is 1. The summed E-state index contributed by atoms with van der Waals surface area (Å²) >= 11 is 0. The highest BCUT2D eigenvalue weighted by atomic mass is 19.1. The molecule has 176 valence electrons. The molecule has 3 unspecified atom stereocenters. The van der Waals surface area contributed by atoms with Crippen LogP contribution in [0, 0.1) is 11.7 Å². The van der Waals surface area contributed by atoms with Gasteiger partial charge in [-0.15, -0.1) is 0 Å². The van der Waals surface area contributed by atoms with Gasteiger partial charge in [0.25, 0.3) is 5.91 Å². The molecule has 0 bridgehead atoms. The van der Waals surface area contributed by atoms with E-state index in [-0.39, 0.29) is 18.3 Å². The topological polar surface area (TPSA) is 41.4 Å². The molecular weight excluding hydrogens is 427 g/mol. The molecule has 3 aromatic rings. The lowest BCUT2D eigenvalue weighted by Crippen LogP contribution is -2.66. The van der Waals surface area contributed by atoms with Crippen LogP contribution in [0.5, 0.6) is 0 Å². The van der Waals surface area contributed by atoms with Crippen molar-refractivity contribution in [2.24, 2.45) is 13.0 Å². The third-order valence-corrected chi connectivity index (χ3v) is 8.33. The minimum absolute atomic E-state index is 0.105.